The monoisotopic (exact) mass is 470 g/mol. The fraction of sp³-hybridized carbons (Fsp3) is 0.385. The number of hydrogen-bond donors (Lipinski definition) is 1. The third-order valence-corrected chi connectivity index (χ3v) is 6.59. The van der Waals surface area contributed by atoms with Crippen molar-refractivity contribution in [3.63, 3.8) is 0 Å². The van der Waals surface area contributed by atoms with E-state index in [1.54, 1.807) is 12.1 Å². The Balaban J connectivity index is 1.43. The minimum absolute atomic E-state index is 0.0468. The molecule has 1 aliphatic carbocycles. The molecule has 1 N–H and O–H groups in total. The highest BCUT2D eigenvalue weighted by Gasteiger charge is 2.34. The second-order valence-electron chi connectivity index (χ2n) is 9.07. The number of benzene rings is 2. The van der Waals surface area contributed by atoms with E-state index in [1.165, 1.54) is 0 Å². The van der Waals surface area contributed by atoms with E-state index < -0.39 is 11.9 Å². The lowest BCUT2D eigenvalue weighted by molar-refractivity contribution is -0.140. The molecule has 1 aliphatic rings. The van der Waals surface area contributed by atoms with Crippen molar-refractivity contribution in [1.29, 1.82) is 0 Å². The van der Waals surface area contributed by atoms with Gasteiger partial charge in [-0.1, -0.05) is 18.2 Å². The van der Waals surface area contributed by atoms with Crippen LogP contribution in [0.25, 0.3) is 10.9 Å². The number of alkyl halides is 3. The number of carbonyl (C=O) groups is 1. The Labute approximate surface area is 197 Å². The summed E-state index contributed by atoms with van der Waals surface area (Å²) < 4.78 is 40.4. The van der Waals surface area contributed by atoms with Gasteiger partial charge in [-0.25, -0.2) is 4.98 Å². The topological polar surface area (TPSA) is 48.5 Å². The van der Waals surface area contributed by atoms with Crippen LogP contribution in [-0.4, -0.2) is 44.1 Å². The number of nitrogens with one attached hydrogen (secondary N) is 1. The minimum Gasteiger partial charge on any atom is -0.378 e. The molecule has 180 valence electrons. The maximum atomic E-state index is 13.5. The number of fused-ring (bicyclic) bond motifs is 1. The quantitative estimate of drug-likeness (QED) is 0.535. The van der Waals surface area contributed by atoms with Crippen LogP contribution in [0.2, 0.25) is 0 Å². The highest BCUT2D eigenvalue weighted by atomic mass is 19.4. The van der Waals surface area contributed by atoms with Gasteiger partial charge in [0.05, 0.1) is 5.52 Å². The average molecular weight is 471 g/mol. The summed E-state index contributed by atoms with van der Waals surface area (Å²) in [6.07, 6.45) is -1.41. The summed E-state index contributed by atoms with van der Waals surface area (Å²) in [7, 11) is 5.74. The van der Waals surface area contributed by atoms with E-state index in [2.05, 4.69) is 10.3 Å². The van der Waals surface area contributed by atoms with Crippen molar-refractivity contribution in [2.45, 2.75) is 43.9 Å². The Morgan fingerprint density at radius 2 is 1.62 bits per heavy atom. The van der Waals surface area contributed by atoms with Gasteiger partial charge in [0.1, 0.15) is 5.69 Å². The van der Waals surface area contributed by atoms with Crippen LogP contribution >= 0.6 is 0 Å². The number of anilines is 2. The van der Waals surface area contributed by atoms with Crippen LogP contribution in [-0.2, 0) is 6.18 Å². The summed E-state index contributed by atoms with van der Waals surface area (Å²) in [6, 6.07) is 15.7. The molecule has 8 heteroatoms. The van der Waals surface area contributed by atoms with Crippen molar-refractivity contribution >= 4 is 28.2 Å². The average Bonchev–Trinajstić information content (AvgIpc) is 2.83. The van der Waals surface area contributed by atoms with E-state index in [-0.39, 0.29) is 18.0 Å². The number of hydrogen-bond acceptors (Lipinski definition) is 4. The van der Waals surface area contributed by atoms with Crippen molar-refractivity contribution < 1.29 is 18.0 Å². The molecule has 1 heterocycles. The summed E-state index contributed by atoms with van der Waals surface area (Å²) in [5.74, 6) is -0.0999. The Bertz CT molecular complexity index is 1150. The van der Waals surface area contributed by atoms with Gasteiger partial charge >= 0.3 is 6.18 Å². The zero-order valence-electron chi connectivity index (χ0n) is 19.6. The first-order valence-electron chi connectivity index (χ1n) is 11.4. The minimum atomic E-state index is -4.51. The number of para-hydroxylation sites is 1. The van der Waals surface area contributed by atoms with E-state index in [0.717, 1.165) is 37.4 Å². The summed E-state index contributed by atoms with van der Waals surface area (Å²) in [4.78, 5) is 20.4. The third kappa shape index (κ3) is 5.11. The first kappa shape index (κ1) is 23.9. The first-order valence-corrected chi connectivity index (χ1v) is 11.4. The van der Waals surface area contributed by atoms with E-state index in [9.17, 15) is 18.0 Å². The van der Waals surface area contributed by atoms with Crippen molar-refractivity contribution in [1.82, 2.24) is 10.3 Å². The Kier molecular flexibility index (Phi) is 6.68. The van der Waals surface area contributed by atoms with Crippen LogP contribution in [0.1, 0.15) is 41.7 Å². The van der Waals surface area contributed by atoms with Gasteiger partial charge in [-0.15, -0.1) is 0 Å². The molecule has 1 aromatic heterocycles. The fourth-order valence-electron chi connectivity index (χ4n) is 4.58. The van der Waals surface area contributed by atoms with Gasteiger partial charge in [0, 0.05) is 55.6 Å². The number of carbonyl (C=O) groups excluding carboxylic acids is 1. The molecule has 0 radical (unpaired) electrons. The lowest BCUT2D eigenvalue weighted by Crippen LogP contribution is -2.43. The number of aromatic nitrogens is 1. The van der Waals surface area contributed by atoms with Crippen LogP contribution in [0.3, 0.4) is 0 Å². The molecule has 0 spiro atoms. The lowest BCUT2D eigenvalue weighted by Gasteiger charge is -2.37. The molecule has 0 bridgehead atoms. The molecule has 4 rings (SSSR count). The standard InChI is InChI=1S/C26H29F3N4O/c1-32(2)19-12-8-17(9-13-19)25(34)30-18-10-14-20(15-11-18)33(3)23-16-24(26(27,28)29)31-22-7-5-4-6-21(22)23/h4-9,12-13,16,18,20H,10-11,14-15H2,1-3H3,(H,30,34)/t18-,20+. The van der Waals surface area contributed by atoms with E-state index in [0.29, 0.717) is 22.2 Å². The maximum Gasteiger partial charge on any atom is 0.433 e. The van der Waals surface area contributed by atoms with Crippen LogP contribution in [0, 0.1) is 0 Å². The maximum absolute atomic E-state index is 13.5. The van der Waals surface area contributed by atoms with Gasteiger partial charge in [-0.2, -0.15) is 13.2 Å². The zero-order chi connectivity index (χ0) is 24.5. The molecule has 0 saturated heterocycles. The summed E-state index contributed by atoms with van der Waals surface area (Å²) in [5, 5.41) is 3.82. The van der Waals surface area contributed by atoms with Crippen molar-refractivity contribution in [2.75, 3.05) is 30.9 Å². The van der Waals surface area contributed by atoms with Gasteiger partial charge in [-0.05, 0) is 62.1 Å². The Hall–Kier alpha value is -3.29. The summed E-state index contributed by atoms with van der Waals surface area (Å²) in [5.41, 5.74) is 1.63. The second-order valence-corrected chi connectivity index (χ2v) is 9.07. The number of rotatable bonds is 5. The van der Waals surface area contributed by atoms with Gasteiger partial charge in [0.25, 0.3) is 5.91 Å². The number of pyridine rings is 1. The SMILES string of the molecule is CN(C)c1ccc(C(=O)N[C@H]2CC[C@@H](N(C)c3cc(C(F)(F)F)nc4ccccc34)CC2)cc1. The number of halogens is 3. The smallest absolute Gasteiger partial charge is 0.378 e. The largest absolute Gasteiger partial charge is 0.433 e. The molecule has 0 unspecified atom stereocenters. The van der Waals surface area contributed by atoms with E-state index in [4.69, 9.17) is 0 Å². The van der Waals surface area contributed by atoms with Crippen molar-refractivity contribution in [3.8, 4) is 0 Å². The predicted octanol–water partition coefficient (Wildman–Crippen LogP) is 5.50. The van der Waals surface area contributed by atoms with Crippen LogP contribution in [0.5, 0.6) is 0 Å². The zero-order valence-corrected chi connectivity index (χ0v) is 19.6. The van der Waals surface area contributed by atoms with Gasteiger partial charge in [0.2, 0.25) is 0 Å². The molecule has 0 aliphatic heterocycles. The molecule has 5 nitrogen and oxygen atoms in total. The molecule has 3 aromatic rings. The predicted molar refractivity (Wildman–Crippen MR) is 129 cm³/mol. The van der Waals surface area contributed by atoms with E-state index in [1.807, 2.05) is 67.3 Å². The first-order chi connectivity index (χ1) is 16.1. The second kappa shape index (κ2) is 9.52. The molecule has 34 heavy (non-hydrogen) atoms. The van der Waals surface area contributed by atoms with E-state index >= 15 is 0 Å². The van der Waals surface area contributed by atoms with Gasteiger partial charge < -0.3 is 15.1 Å². The highest BCUT2D eigenvalue weighted by molar-refractivity contribution is 5.95. The summed E-state index contributed by atoms with van der Waals surface area (Å²) >= 11 is 0. The number of nitrogens with zero attached hydrogens (tertiary/aromatic N) is 3. The molecule has 2 aromatic carbocycles. The lowest BCUT2D eigenvalue weighted by atomic mass is 9.89. The Morgan fingerprint density at radius 1 is 0.971 bits per heavy atom. The number of amides is 1. The van der Waals surface area contributed by atoms with Gasteiger partial charge in [0.15, 0.2) is 0 Å². The molecule has 1 saturated carbocycles. The van der Waals surface area contributed by atoms with Crippen LogP contribution < -0.4 is 15.1 Å². The molecular formula is C26H29F3N4O. The molecule has 1 fully saturated rings. The third-order valence-electron chi connectivity index (χ3n) is 6.59. The van der Waals surface area contributed by atoms with Gasteiger partial charge in [-0.3, -0.25) is 4.79 Å². The van der Waals surface area contributed by atoms with Crippen molar-refractivity contribution in [2.24, 2.45) is 0 Å². The highest BCUT2D eigenvalue weighted by Crippen LogP contribution is 2.36. The van der Waals surface area contributed by atoms with Crippen molar-refractivity contribution in [3.05, 3.63) is 65.9 Å². The molecule has 0 atom stereocenters. The fourth-order valence-corrected chi connectivity index (χ4v) is 4.58. The van der Waals surface area contributed by atoms with Crippen LogP contribution in [0.4, 0.5) is 24.5 Å². The summed E-state index contributed by atoms with van der Waals surface area (Å²) in [6.45, 7) is 0. The normalized spacial score (nSPS) is 18.5. The molecule has 1 amide bonds. The molecular weight excluding hydrogens is 441 g/mol. The van der Waals surface area contributed by atoms with Crippen LogP contribution in [0.15, 0.2) is 54.6 Å². The Morgan fingerprint density at radius 3 is 2.24 bits per heavy atom.